The van der Waals surface area contributed by atoms with E-state index in [4.69, 9.17) is 5.73 Å². The Bertz CT molecular complexity index is 1230. The molecule has 4 N–H and O–H groups in total. The van der Waals surface area contributed by atoms with E-state index in [1.165, 1.54) is 0 Å². The summed E-state index contributed by atoms with van der Waals surface area (Å²) in [6, 6.07) is 19.9. The zero-order valence-corrected chi connectivity index (χ0v) is 18.3. The van der Waals surface area contributed by atoms with E-state index in [-0.39, 0.29) is 11.8 Å². The first-order valence-electron chi connectivity index (χ1n) is 10.6. The van der Waals surface area contributed by atoms with Crippen LogP contribution in [0.4, 0.5) is 17.1 Å². The molecule has 1 heterocycles. The van der Waals surface area contributed by atoms with Gasteiger partial charge >= 0.3 is 0 Å². The summed E-state index contributed by atoms with van der Waals surface area (Å²) in [5.74, 6) is -0.396. The third-order valence-electron chi connectivity index (χ3n) is 5.44. The van der Waals surface area contributed by atoms with E-state index in [1.807, 2.05) is 60.4 Å². The minimum atomic E-state index is -0.243. The molecule has 0 aliphatic carbocycles. The summed E-state index contributed by atoms with van der Waals surface area (Å²) in [5.41, 5.74) is 10.8. The number of nitrogens with zero attached hydrogens (tertiary/aromatic N) is 2. The average Bonchev–Trinajstić information content (AvgIpc) is 2.85. The molecule has 7 heteroatoms. The zero-order valence-electron chi connectivity index (χ0n) is 18.3. The van der Waals surface area contributed by atoms with Gasteiger partial charge in [0.15, 0.2) is 0 Å². The molecule has 0 spiro atoms. The Labute approximate surface area is 192 Å². The molecule has 0 saturated heterocycles. The summed E-state index contributed by atoms with van der Waals surface area (Å²) in [5, 5.41) is 5.77. The first kappa shape index (κ1) is 21.8. The maximum Gasteiger partial charge on any atom is 0.255 e. The van der Waals surface area contributed by atoms with Crippen LogP contribution in [0.1, 0.15) is 31.8 Å². The molecule has 0 unspecified atom stereocenters. The highest BCUT2D eigenvalue weighted by Crippen LogP contribution is 2.23. The monoisotopic (exact) mass is 439 g/mol. The first-order chi connectivity index (χ1) is 16.0. The van der Waals surface area contributed by atoms with Crippen molar-refractivity contribution < 1.29 is 9.59 Å². The lowest BCUT2D eigenvalue weighted by molar-refractivity contribution is 0.0949. The van der Waals surface area contributed by atoms with Crippen LogP contribution < -0.4 is 21.3 Å². The van der Waals surface area contributed by atoms with E-state index < -0.39 is 0 Å². The van der Waals surface area contributed by atoms with Crippen molar-refractivity contribution in [3.05, 3.63) is 101 Å². The Morgan fingerprint density at radius 2 is 1.79 bits per heavy atom. The maximum absolute atomic E-state index is 12.8. The Morgan fingerprint density at radius 1 is 1.00 bits per heavy atom. The van der Waals surface area contributed by atoms with Crippen LogP contribution in [0, 0.1) is 6.92 Å². The molecule has 0 fully saturated rings. The van der Waals surface area contributed by atoms with Gasteiger partial charge in [0.05, 0.1) is 17.7 Å². The highest BCUT2D eigenvalue weighted by molar-refractivity contribution is 6.05. The third kappa shape index (κ3) is 5.10. The lowest BCUT2D eigenvalue weighted by Crippen LogP contribution is -2.27. The van der Waals surface area contributed by atoms with Gasteiger partial charge < -0.3 is 21.3 Å². The highest BCUT2D eigenvalue weighted by atomic mass is 16.2. The van der Waals surface area contributed by atoms with Crippen molar-refractivity contribution in [1.29, 1.82) is 0 Å². The molecule has 0 radical (unpaired) electrons. The molecule has 0 atom stereocenters. The van der Waals surface area contributed by atoms with Crippen molar-refractivity contribution in [3.8, 4) is 0 Å². The number of anilines is 3. The Balaban J connectivity index is 1.38. The number of aliphatic imine (C=N–C) groups is 1. The predicted molar refractivity (Wildman–Crippen MR) is 133 cm³/mol. The van der Waals surface area contributed by atoms with Gasteiger partial charge in [-0.05, 0) is 60.5 Å². The largest absolute Gasteiger partial charge is 0.397 e. The van der Waals surface area contributed by atoms with Crippen molar-refractivity contribution in [1.82, 2.24) is 5.32 Å². The molecule has 0 saturated carbocycles. The van der Waals surface area contributed by atoms with Crippen LogP contribution in [0.2, 0.25) is 0 Å². The molecular weight excluding hydrogens is 414 g/mol. The van der Waals surface area contributed by atoms with E-state index in [9.17, 15) is 9.59 Å². The Hall–Kier alpha value is -4.39. The number of amides is 2. The molecule has 0 bridgehead atoms. The molecule has 2 amide bonds. The van der Waals surface area contributed by atoms with Crippen LogP contribution in [0.25, 0.3) is 0 Å². The number of nitrogens with two attached hydrogens (primary N) is 1. The quantitative estimate of drug-likeness (QED) is 0.503. The SMILES string of the molecule is Cc1c(C(=O)NCc2ccc(C(=O)Nc3ccccc3N)cc2)cccc1N1C=NC=CC1. The van der Waals surface area contributed by atoms with Crippen molar-refractivity contribution in [2.45, 2.75) is 13.5 Å². The van der Waals surface area contributed by atoms with Gasteiger partial charge in [-0.1, -0.05) is 30.3 Å². The zero-order chi connectivity index (χ0) is 23.2. The summed E-state index contributed by atoms with van der Waals surface area (Å²) in [7, 11) is 0. The van der Waals surface area contributed by atoms with Gasteiger partial charge in [-0.15, -0.1) is 0 Å². The van der Waals surface area contributed by atoms with Crippen molar-refractivity contribution in [3.63, 3.8) is 0 Å². The van der Waals surface area contributed by atoms with Crippen molar-refractivity contribution in [2.75, 3.05) is 22.5 Å². The number of benzene rings is 3. The Kier molecular flexibility index (Phi) is 6.50. The molecule has 1 aliphatic heterocycles. The molecule has 3 aromatic carbocycles. The standard InChI is InChI=1S/C26H25N5O2/c1-18-21(6-4-9-24(18)31-15-5-14-28-17-31)26(33)29-16-19-10-12-20(13-11-19)25(32)30-23-8-3-2-7-22(23)27/h2-14,17H,15-16,27H2,1H3,(H,29,33)(H,30,32). The van der Waals surface area contributed by atoms with E-state index in [2.05, 4.69) is 15.6 Å². The summed E-state index contributed by atoms with van der Waals surface area (Å²) >= 11 is 0. The van der Waals surface area contributed by atoms with Gasteiger partial charge in [0.2, 0.25) is 0 Å². The molecular formula is C26H25N5O2. The summed E-state index contributed by atoms with van der Waals surface area (Å²) in [6.45, 7) is 3.00. The number of nitrogen functional groups attached to an aromatic ring is 1. The molecule has 1 aliphatic rings. The van der Waals surface area contributed by atoms with E-state index in [0.717, 1.165) is 16.8 Å². The minimum Gasteiger partial charge on any atom is -0.397 e. The number of para-hydroxylation sites is 2. The Morgan fingerprint density at radius 3 is 2.52 bits per heavy atom. The lowest BCUT2D eigenvalue weighted by Gasteiger charge is -2.23. The van der Waals surface area contributed by atoms with Gasteiger partial charge in [-0.2, -0.15) is 0 Å². The van der Waals surface area contributed by atoms with Gasteiger partial charge in [-0.3, -0.25) is 9.59 Å². The second-order valence-corrected chi connectivity index (χ2v) is 7.67. The number of hydrogen-bond donors (Lipinski definition) is 3. The molecule has 4 rings (SSSR count). The molecule has 0 aromatic heterocycles. The van der Waals surface area contributed by atoms with Gasteiger partial charge in [0, 0.05) is 36.1 Å². The minimum absolute atomic E-state index is 0.153. The van der Waals surface area contributed by atoms with Crippen LogP contribution >= 0.6 is 0 Å². The second kappa shape index (κ2) is 9.82. The van der Waals surface area contributed by atoms with Gasteiger partial charge in [0.25, 0.3) is 11.8 Å². The smallest absolute Gasteiger partial charge is 0.255 e. The number of hydrogen-bond acceptors (Lipinski definition) is 5. The topological polar surface area (TPSA) is 99.8 Å². The first-order valence-corrected chi connectivity index (χ1v) is 10.6. The van der Waals surface area contributed by atoms with Gasteiger partial charge in [-0.25, -0.2) is 4.99 Å². The van der Waals surface area contributed by atoms with E-state index in [1.54, 1.807) is 36.8 Å². The molecule has 166 valence electrons. The summed E-state index contributed by atoms with van der Waals surface area (Å²) < 4.78 is 0. The lowest BCUT2D eigenvalue weighted by atomic mass is 10.0. The number of nitrogens with one attached hydrogen (secondary N) is 2. The number of carbonyl (C=O) groups is 2. The number of rotatable bonds is 6. The fraction of sp³-hybridized carbons (Fsp3) is 0.115. The third-order valence-corrected chi connectivity index (χ3v) is 5.44. The molecule has 33 heavy (non-hydrogen) atoms. The summed E-state index contributed by atoms with van der Waals surface area (Å²) in [6.07, 6.45) is 5.48. The molecule has 3 aromatic rings. The highest BCUT2D eigenvalue weighted by Gasteiger charge is 2.15. The normalized spacial score (nSPS) is 12.5. The van der Waals surface area contributed by atoms with Crippen LogP contribution in [-0.2, 0) is 6.54 Å². The maximum atomic E-state index is 12.8. The van der Waals surface area contributed by atoms with Crippen LogP contribution in [0.15, 0.2) is 84.0 Å². The van der Waals surface area contributed by atoms with Crippen LogP contribution in [0.3, 0.4) is 0 Å². The fourth-order valence-electron chi connectivity index (χ4n) is 3.59. The molecule has 7 nitrogen and oxygen atoms in total. The average molecular weight is 440 g/mol. The van der Waals surface area contributed by atoms with E-state index in [0.29, 0.717) is 35.6 Å². The second-order valence-electron chi connectivity index (χ2n) is 7.67. The fourth-order valence-corrected chi connectivity index (χ4v) is 3.59. The van der Waals surface area contributed by atoms with Crippen molar-refractivity contribution >= 4 is 35.2 Å². The predicted octanol–water partition coefficient (Wildman–Crippen LogP) is 4.12. The van der Waals surface area contributed by atoms with E-state index >= 15 is 0 Å². The van der Waals surface area contributed by atoms with Gasteiger partial charge in [0.1, 0.15) is 0 Å². The van der Waals surface area contributed by atoms with Crippen molar-refractivity contribution in [2.24, 2.45) is 4.99 Å². The summed E-state index contributed by atoms with van der Waals surface area (Å²) in [4.78, 5) is 31.5. The van der Waals surface area contributed by atoms with Crippen LogP contribution in [-0.4, -0.2) is 24.7 Å². The number of carbonyl (C=O) groups excluding carboxylic acids is 2. The van der Waals surface area contributed by atoms with Crippen LogP contribution in [0.5, 0.6) is 0 Å².